The lowest BCUT2D eigenvalue weighted by Gasteiger charge is -2.10. The van der Waals surface area contributed by atoms with Gasteiger partial charge >= 0.3 is 5.69 Å². The summed E-state index contributed by atoms with van der Waals surface area (Å²) in [5.74, 6) is 1.79. The molecule has 0 unspecified atom stereocenters. The molecule has 0 aliphatic rings. The molecule has 0 bridgehead atoms. The first-order valence-electron chi connectivity index (χ1n) is 17.5. The molecule has 0 aliphatic heterocycles. The highest BCUT2D eigenvalue weighted by molar-refractivity contribution is 6.11. The number of aromatic nitrogens is 5. The SMILES string of the molecule is Cn1c(=O)n(C)c2cc(-c3ccc(-c4nc(-c5ccccc5)nc(-c5cccc(-c6ccc7oc8cc9ccccc9cc8c7c6)c5)n4)cc3)ccc21. The number of imidazole rings is 1. The van der Waals surface area contributed by atoms with Crippen molar-refractivity contribution in [2.75, 3.05) is 0 Å². The maximum absolute atomic E-state index is 12.5. The monoisotopic (exact) mass is 685 g/mol. The number of furan rings is 1. The van der Waals surface area contributed by atoms with Crippen LogP contribution in [0.1, 0.15) is 0 Å². The number of fused-ring (bicyclic) bond motifs is 5. The van der Waals surface area contributed by atoms with Crippen molar-refractivity contribution in [3.63, 3.8) is 0 Å². The zero-order valence-electron chi connectivity index (χ0n) is 29.0. The Morgan fingerprint density at radius 1 is 0.415 bits per heavy atom. The highest BCUT2D eigenvalue weighted by atomic mass is 16.3. The molecule has 0 amide bonds. The summed E-state index contributed by atoms with van der Waals surface area (Å²) < 4.78 is 9.62. The van der Waals surface area contributed by atoms with Crippen LogP contribution in [0.15, 0.2) is 161 Å². The van der Waals surface area contributed by atoms with Gasteiger partial charge in [0.2, 0.25) is 0 Å². The predicted molar refractivity (Wildman–Crippen MR) is 214 cm³/mol. The Morgan fingerprint density at radius 2 is 0.943 bits per heavy atom. The third kappa shape index (κ3) is 5.21. The summed E-state index contributed by atoms with van der Waals surface area (Å²) in [7, 11) is 3.60. The largest absolute Gasteiger partial charge is 0.456 e. The van der Waals surface area contributed by atoms with Gasteiger partial charge < -0.3 is 4.42 Å². The average molecular weight is 686 g/mol. The second-order valence-corrected chi connectivity index (χ2v) is 13.4. The highest BCUT2D eigenvalue weighted by Gasteiger charge is 2.15. The number of aryl methyl sites for hydroxylation is 2. The molecule has 7 aromatic carbocycles. The Bertz CT molecular complexity index is 3100. The predicted octanol–water partition coefficient (Wildman–Crippen LogP) is 10.4. The minimum atomic E-state index is -0.0422. The van der Waals surface area contributed by atoms with Crippen LogP contribution in [0.25, 0.3) is 100 Å². The maximum atomic E-state index is 12.5. The van der Waals surface area contributed by atoms with Crippen molar-refractivity contribution < 1.29 is 4.42 Å². The molecule has 3 aromatic heterocycles. The summed E-state index contributed by atoms with van der Waals surface area (Å²) in [6.07, 6.45) is 0. The van der Waals surface area contributed by atoms with Gasteiger partial charge in [-0.3, -0.25) is 9.13 Å². The molecule has 0 aliphatic carbocycles. The third-order valence-electron chi connectivity index (χ3n) is 10.2. The number of benzene rings is 7. The van der Waals surface area contributed by atoms with Gasteiger partial charge in [-0.2, -0.15) is 0 Å². The van der Waals surface area contributed by atoms with Crippen LogP contribution in [0.5, 0.6) is 0 Å². The molecule has 3 heterocycles. The van der Waals surface area contributed by atoms with Crippen molar-refractivity contribution in [1.82, 2.24) is 24.1 Å². The van der Waals surface area contributed by atoms with Crippen molar-refractivity contribution in [3.05, 3.63) is 162 Å². The van der Waals surface area contributed by atoms with Gasteiger partial charge in [0.15, 0.2) is 17.5 Å². The quantitative estimate of drug-likeness (QED) is 0.180. The molecule has 0 atom stereocenters. The lowest BCUT2D eigenvalue weighted by Crippen LogP contribution is -2.19. The van der Waals surface area contributed by atoms with E-state index in [4.69, 9.17) is 19.4 Å². The van der Waals surface area contributed by atoms with Crippen LogP contribution in [-0.4, -0.2) is 24.1 Å². The number of hydrogen-bond donors (Lipinski definition) is 0. The van der Waals surface area contributed by atoms with Gasteiger partial charge in [-0.15, -0.1) is 0 Å². The molecule has 0 N–H and O–H groups in total. The second-order valence-electron chi connectivity index (χ2n) is 13.4. The first kappa shape index (κ1) is 30.7. The van der Waals surface area contributed by atoms with Gasteiger partial charge in [-0.05, 0) is 75.5 Å². The van der Waals surface area contributed by atoms with Gasteiger partial charge in [-0.1, -0.05) is 109 Å². The molecular formula is C46H31N5O2. The van der Waals surface area contributed by atoms with Crippen molar-refractivity contribution in [2.45, 2.75) is 0 Å². The fourth-order valence-electron chi connectivity index (χ4n) is 7.33. The molecule has 10 aromatic rings. The summed E-state index contributed by atoms with van der Waals surface area (Å²) in [5, 5.41) is 4.53. The highest BCUT2D eigenvalue weighted by Crippen LogP contribution is 2.36. The van der Waals surface area contributed by atoms with Crippen molar-refractivity contribution in [3.8, 4) is 56.4 Å². The second kappa shape index (κ2) is 12.0. The van der Waals surface area contributed by atoms with E-state index in [-0.39, 0.29) is 5.69 Å². The zero-order valence-corrected chi connectivity index (χ0v) is 29.0. The fraction of sp³-hybridized carbons (Fsp3) is 0.0435. The van der Waals surface area contributed by atoms with E-state index in [9.17, 15) is 4.79 Å². The van der Waals surface area contributed by atoms with E-state index in [0.29, 0.717) is 17.5 Å². The van der Waals surface area contributed by atoms with Gasteiger partial charge in [-0.25, -0.2) is 19.7 Å². The molecule has 252 valence electrons. The summed E-state index contributed by atoms with van der Waals surface area (Å²) >= 11 is 0. The summed E-state index contributed by atoms with van der Waals surface area (Å²) in [6, 6.07) is 51.8. The van der Waals surface area contributed by atoms with E-state index in [1.807, 2.05) is 60.7 Å². The Morgan fingerprint density at radius 3 is 1.72 bits per heavy atom. The molecule has 0 saturated heterocycles. The Kier molecular flexibility index (Phi) is 6.94. The molecule has 0 spiro atoms. The number of nitrogens with zero attached hydrogens (tertiary/aromatic N) is 5. The smallest absolute Gasteiger partial charge is 0.328 e. The summed E-state index contributed by atoms with van der Waals surface area (Å²) in [6.45, 7) is 0. The normalized spacial score (nSPS) is 11.7. The lowest BCUT2D eigenvalue weighted by molar-refractivity contribution is 0.669. The Balaban J connectivity index is 1.04. The van der Waals surface area contributed by atoms with Crippen molar-refractivity contribution in [1.29, 1.82) is 0 Å². The fourth-order valence-corrected chi connectivity index (χ4v) is 7.33. The maximum Gasteiger partial charge on any atom is 0.328 e. The van der Waals surface area contributed by atoms with Crippen LogP contribution in [-0.2, 0) is 14.1 Å². The average Bonchev–Trinajstić information content (AvgIpc) is 3.68. The van der Waals surface area contributed by atoms with Crippen LogP contribution in [0.3, 0.4) is 0 Å². The third-order valence-corrected chi connectivity index (χ3v) is 10.2. The molecule has 0 saturated carbocycles. The molecule has 7 nitrogen and oxygen atoms in total. The molecule has 7 heteroatoms. The van der Waals surface area contributed by atoms with Gasteiger partial charge in [0.25, 0.3) is 0 Å². The van der Waals surface area contributed by atoms with E-state index in [1.165, 1.54) is 5.39 Å². The van der Waals surface area contributed by atoms with E-state index >= 15 is 0 Å². The minimum absolute atomic E-state index is 0.0422. The van der Waals surface area contributed by atoms with Crippen LogP contribution in [0.4, 0.5) is 0 Å². The van der Waals surface area contributed by atoms with Crippen LogP contribution in [0, 0.1) is 0 Å². The molecule has 0 radical (unpaired) electrons. The number of rotatable bonds is 5. The standard InChI is InChI=1S/C46H31N5O2/c1-50-39-21-19-35(26-40(39)51(2)46(50)52)28-15-17-30(18-16-28)44-47-43(29-9-4-3-5-10-29)48-45(49-44)36-14-8-13-31(23-36)34-20-22-41-37(25-34)38-24-32-11-6-7-12-33(32)27-42(38)53-41/h3-27H,1-2H3. The van der Waals surface area contributed by atoms with Crippen LogP contribution >= 0.6 is 0 Å². The molecule has 10 rings (SSSR count). The molecule has 53 heavy (non-hydrogen) atoms. The first-order chi connectivity index (χ1) is 26.0. The van der Waals surface area contributed by atoms with E-state index < -0.39 is 0 Å². The Hall–Kier alpha value is -7.12. The van der Waals surface area contributed by atoms with Crippen LogP contribution < -0.4 is 5.69 Å². The number of hydrogen-bond acceptors (Lipinski definition) is 5. The van der Waals surface area contributed by atoms with Crippen molar-refractivity contribution in [2.24, 2.45) is 14.1 Å². The first-order valence-corrected chi connectivity index (χ1v) is 17.5. The van der Waals surface area contributed by atoms with Crippen molar-refractivity contribution >= 4 is 43.7 Å². The van der Waals surface area contributed by atoms with Gasteiger partial charge in [0, 0.05) is 41.6 Å². The van der Waals surface area contributed by atoms with Crippen LogP contribution in [0.2, 0.25) is 0 Å². The minimum Gasteiger partial charge on any atom is -0.456 e. The molecule has 0 fully saturated rings. The van der Waals surface area contributed by atoms with E-state index in [0.717, 1.165) is 77.3 Å². The van der Waals surface area contributed by atoms with Gasteiger partial charge in [0.05, 0.1) is 11.0 Å². The molecular weight excluding hydrogens is 655 g/mol. The van der Waals surface area contributed by atoms with E-state index in [2.05, 4.69) is 91.0 Å². The zero-order chi connectivity index (χ0) is 35.6. The summed E-state index contributed by atoms with van der Waals surface area (Å²) in [4.78, 5) is 27.5. The topological polar surface area (TPSA) is 78.7 Å². The summed E-state index contributed by atoms with van der Waals surface area (Å²) in [5.41, 5.74) is 10.4. The van der Waals surface area contributed by atoms with E-state index in [1.54, 1.807) is 23.2 Å². The van der Waals surface area contributed by atoms with Gasteiger partial charge in [0.1, 0.15) is 11.2 Å². The Labute approximate surface area is 304 Å². The lowest BCUT2D eigenvalue weighted by atomic mass is 10.00.